The molecule has 1 rings (SSSR count). The van der Waals surface area contributed by atoms with Gasteiger partial charge in [0.2, 0.25) is 0 Å². The SMILES string of the molecule is CCCc1c(C(=O)O)[nH]oc1=O. The molecule has 5 nitrogen and oxygen atoms in total. The molecule has 0 fully saturated rings. The van der Waals surface area contributed by atoms with E-state index in [2.05, 4.69) is 9.68 Å². The molecule has 0 aromatic carbocycles. The Morgan fingerprint density at radius 2 is 2.33 bits per heavy atom. The maximum Gasteiger partial charge on any atom is 0.361 e. The second-order valence-electron chi connectivity index (χ2n) is 2.40. The van der Waals surface area contributed by atoms with Gasteiger partial charge in [-0.2, -0.15) is 0 Å². The molecule has 1 heterocycles. The Labute approximate surface area is 68.0 Å². The van der Waals surface area contributed by atoms with Crippen molar-refractivity contribution in [1.29, 1.82) is 0 Å². The van der Waals surface area contributed by atoms with Crippen molar-refractivity contribution in [3.05, 3.63) is 21.7 Å². The lowest BCUT2D eigenvalue weighted by molar-refractivity contribution is 0.0684. The second-order valence-corrected chi connectivity index (χ2v) is 2.40. The highest BCUT2D eigenvalue weighted by Crippen LogP contribution is 2.03. The first-order valence-corrected chi connectivity index (χ1v) is 3.60. The van der Waals surface area contributed by atoms with Crippen molar-refractivity contribution in [2.45, 2.75) is 19.8 Å². The standard InChI is InChI=1S/C7H9NO4/c1-2-3-4-5(6(9)10)8-12-7(4)11/h8H,2-3H2,1H3,(H,9,10). The van der Waals surface area contributed by atoms with Crippen LogP contribution in [-0.2, 0) is 6.42 Å². The van der Waals surface area contributed by atoms with Crippen molar-refractivity contribution in [3.8, 4) is 0 Å². The molecule has 5 heteroatoms. The van der Waals surface area contributed by atoms with E-state index in [4.69, 9.17) is 5.11 Å². The molecule has 0 saturated carbocycles. The van der Waals surface area contributed by atoms with E-state index in [9.17, 15) is 9.59 Å². The molecule has 0 saturated heterocycles. The Bertz CT molecular complexity index is 335. The second kappa shape index (κ2) is 3.25. The van der Waals surface area contributed by atoms with Crippen molar-refractivity contribution in [2.24, 2.45) is 0 Å². The van der Waals surface area contributed by atoms with Gasteiger partial charge in [-0.15, -0.1) is 0 Å². The molecule has 0 radical (unpaired) electrons. The number of H-pyrrole nitrogens is 1. The number of aromatic carboxylic acids is 1. The lowest BCUT2D eigenvalue weighted by Crippen LogP contribution is -2.07. The van der Waals surface area contributed by atoms with E-state index in [1.165, 1.54) is 0 Å². The van der Waals surface area contributed by atoms with Crippen LogP contribution in [0, 0.1) is 0 Å². The van der Waals surface area contributed by atoms with Crippen molar-refractivity contribution >= 4 is 5.97 Å². The highest BCUT2D eigenvalue weighted by molar-refractivity contribution is 5.86. The number of carbonyl (C=O) groups is 1. The van der Waals surface area contributed by atoms with Gasteiger partial charge in [-0.3, -0.25) is 0 Å². The van der Waals surface area contributed by atoms with Crippen LogP contribution in [0.2, 0.25) is 0 Å². The molecular formula is C7H9NO4. The molecular weight excluding hydrogens is 162 g/mol. The first-order valence-electron chi connectivity index (χ1n) is 3.60. The predicted molar refractivity (Wildman–Crippen MR) is 40.3 cm³/mol. The molecule has 0 unspecified atom stereocenters. The number of hydrogen-bond acceptors (Lipinski definition) is 3. The van der Waals surface area contributed by atoms with Crippen LogP contribution in [0.3, 0.4) is 0 Å². The van der Waals surface area contributed by atoms with Crippen LogP contribution in [0.15, 0.2) is 9.32 Å². The van der Waals surface area contributed by atoms with E-state index in [1.54, 1.807) is 0 Å². The van der Waals surface area contributed by atoms with Crippen molar-refractivity contribution in [1.82, 2.24) is 5.16 Å². The molecule has 12 heavy (non-hydrogen) atoms. The molecule has 1 aromatic heterocycles. The monoisotopic (exact) mass is 171 g/mol. The van der Waals surface area contributed by atoms with Crippen LogP contribution in [0.5, 0.6) is 0 Å². The molecule has 0 amide bonds. The largest absolute Gasteiger partial charge is 0.476 e. The summed E-state index contributed by atoms with van der Waals surface area (Å²) in [7, 11) is 0. The van der Waals surface area contributed by atoms with Gasteiger partial charge in [-0.1, -0.05) is 13.3 Å². The van der Waals surface area contributed by atoms with Gasteiger partial charge in [0.15, 0.2) is 5.69 Å². The Balaban J connectivity index is 3.12. The van der Waals surface area contributed by atoms with E-state index >= 15 is 0 Å². The maximum absolute atomic E-state index is 10.9. The van der Waals surface area contributed by atoms with Gasteiger partial charge in [0.25, 0.3) is 0 Å². The summed E-state index contributed by atoms with van der Waals surface area (Å²) in [6, 6.07) is 0. The zero-order valence-corrected chi connectivity index (χ0v) is 6.59. The molecule has 1 aromatic rings. The first kappa shape index (κ1) is 8.58. The molecule has 0 aliphatic heterocycles. The average Bonchev–Trinajstić information content (AvgIpc) is 2.34. The van der Waals surface area contributed by atoms with Crippen LogP contribution in [0.25, 0.3) is 0 Å². The predicted octanol–water partition coefficient (Wildman–Crippen LogP) is 0.619. The minimum Gasteiger partial charge on any atom is -0.476 e. The fourth-order valence-electron chi connectivity index (χ4n) is 0.972. The number of carboxylic acid groups (broad SMARTS) is 1. The van der Waals surface area contributed by atoms with Crippen LogP contribution in [0.4, 0.5) is 0 Å². The van der Waals surface area contributed by atoms with Gasteiger partial charge >= 0.3 is 11.6 Å². The van der Waals surface area contributed by atoms with Crippen LogP contribution in [-0.4, -0.2) is 16.2 Å². The number of nitrogens with one attached hydrogen (secondary N) is 1. The summed E-state index contributed by atoms with van der Waals surface area (Å²) in [5, 5.41) is 10.6. The minimum absolute atomic E-state index is 0.137. The van der Waals surface area contributed by atoms with Crippen molar-refractivity contribution in [2.75, 3.05) is 0 Å². The Hall–Kier alpha value is -1.52. The number of carboxylic acids is 1. The third-order valence-electron chi connectivity index (χ3n) is 1.51. The van der Waals surface area contributed by atoms with Gasteiger partial charge in [0, 0.05) is 0 Å². The highest BCUT2D eigenvalue weighted by atomic mass is 16.5. The summed E-state index contributed by atoms with van der Waals surface area (Å²) >= 11 is 0. The summed E-state index contributed by atoms with van der Waals surface area (Å²) in [5.74, 6) is -1.16. The van der Waals surface area contributed by atoms with Gasteiger partial charge < -0.3 is 9.63 Å². The summed E-state index contributed by atoms with van der Waals surface area (Å²) in [6.07, 6.45) is 1.14. The number of aromatic amines is 1. The van der Waals surface area contributed by atoms with Crippen LogP contribution in [0.1, 0.15) is 29.4 Å². The number of aromatic nitrogens is 1. The normalized spacial score (nSPS) is 10.1. The highest BCUT2D eigenvalue weighted by Gasteiger charge is 2.16. The summed E-state index contributed by atoms with van der Waals surface area (Å²) < 4.78 is 4.35. The Morgan fingerprint density at radius 1 is 1.67 bits per heavy atom. The summed E-state index contributed by atoms with van der Waals surface area (Å²) in [5.41, 5.74) is -0.513. The van der Waals surface area contributed by atoms with E-state index in [0.29, 0.717) is 12.8 Å². The molecule has 66 valence electrons. The van der Waals surface area contributed by atoms with E-state index in [1.807, 2.05) is 6.92 Å². The third-order valence-corrected chi connectivity index (χ3v) is 1.51. The molecule has 0 aliphatic rings. The van der Waals surface area contributed by atoms with E-state index in [-0.39, 0.29) is 11.3 Å². The zero-order valence-electron chi connectivity index (χ0n) is 6.59. The quantitative estimate of drug-likeness (QED) is 0.698. The lowest BCUT2D eigenvalue weighted by atomic mass is 10.1. The Morgan fingerprint density at radius 3 is 2.83 bits per heavy atom. The first-order chi connectivity index (χ1) is 5.66. The number of hydrogen-bond donors (Lipinski definition) is 2. The summed E-state index contributed by atoms with van der Waals surface area (Å²) in [4.78, 5) is 21.4. The van der Waals surface area contributed by atoms with Gasteiger partial charge in [0.1, 0.15) is 0 Å². The fourth-order valence-corrected chi connectivity index (χ4v) is 0.972. The molecule has 0 aliphatic carbocycles. The van der Waals surface area contributed by atoms with Gasteiger partial charge in [0.05, 0.1) is 5.56 Å². The topological polar surface area (TPSA) is 83.3 Å². The van der Waals surface area contributed by atoms with Gasteiger partial charge in [-0.25, -0.2) is 14.7 Å². The zero-order chi connectivity index (χ0) is 9.14. The van der Waals surface area contributed by atoms with E-state index < -0.39 is 11.6 Å². The average molecular weight is 171 g/mol. The van der Waals surface area contributed by atoms with Crippen LogP contribution < -0.4 is 5.63 Å². The molecule has 0 bridgehead atoms. The third kappa shape index (κ3) is 1.39. The fraction of sp³-hybridized carbons (Fsp3) is 0.429. The maximum atomic E-state index is 10.9. The molecule has 2 N–H and O–H groups in total. The van der Waals surface area contributed by atoms with Crippen molar-refractivity contribution < 1.29 is 14.4 Å². The molecule has 0 atom stereocenters. The van der Waals surface area contributed by atoms with Gasteiger partial charge in [-0.05, 0) is 6.42 Å². The number of rotatable bonds is 3. The van der Waals surface area contributed by atoms with E-state index in [0.717, 1.165) is 0 Å². The van der Waals surface area contributed by atoms with Crippen molar-refractivity contribution in [3.63, 3.8) is 0 Å². The smallest absolute Gasteiger partial charge is 0.361 e. The Kier molecular flexibility index (Phi) is 2.32. The van der Waals surface area contributed by atoms with Crippen LogP contribution >= 0.6 is 0 Å². The minimum atomic E-state index is -1.16. The lowest BCUT2D eigenvalue weighted by Gasteiger charge is -1.91. The molecule has 0 spiro atoms. The summed E-state index contributed by atoms with van der Waals surface area (Å²) in [6.45, 7) is 1.86.